The Morgan fingerprint density at radius 2 is 2.11 bits per heavy atom. The van der Waals surface area contributed by atoms with Crippen LogP contribution in [0.3, 0.4) is 0 Å². The number of hydrogen-bond donors (Lipinski definition) is 2. The van der Waals surface area contributed by atoms with Crippen LogP contribution in [-0.2, 0) is 29.5 Å². The first-order valence-corrected chi connectivity index (χ1v) is 8.35. The number of aliphatic hydroxyl groups is 1. The summed E-state index contributed by atoms with van der Waals surface area (Å²) in [6.07, 6.45) is -1.07. The van der Waals surface area contributed by atoms with E-state index in [1.807, 2.05) is 0 Å². The van der Waals surface area contributed by atoms with E-state index in [2.05, 4.69) is 4.98 Å². The maximum Gasteiger partial charge on any atom is 0.348 e. The Morgan fingerprint density at radius 1 is 1.41 bits per heavy atom. The number of morpholine rings is 1. The van der Waals surface area contributed by atoms with Gasteiger partial charge in [-0.3, -0.25) is 14.5 Å². The number of esters is 1. The fourth-order valence-corrected chi connectivity index (χ4v) is 3.07. The molecule has 9 nitrogen and oxygen atoms in total. The zero-order valence-corrected chi connectivity index (χ0v) is 15.5. The van der Waals surface area contributed by atoms with Gasteiger partial charge in [0.05, 0.1) is 18.8 Å². The number of ether oxygens (including phenoxy) is 2. The minimum absolute atomic E-state index is 0. The van der Waals surface area contributed by atoms with E-state index in [0.29, 0.717) is 24.4 Å². The van der Waals surface area contributed by atoms with E-state index in [4.69, 9.17) is 9.47 Å². The molecule has 0 radical (unpaired) electrons. The number of carboxylic acid groups (broad SMARTS) is 1. The fraction of sp³-hybridized carbons (Fsp3) is 0.529. The summed E-state index contributed by atoms with van der Waals surface area (Å²) in [6.45, 7) is 1.31. The number of carbonyl (C=O) groups is 3. The molecule has 3 rings (SSSR count). The van der Waals surface area contributed by atoms with Crippen molar-refractivity contribution in [1.29, 1.82) is 0 Å². The zero-order valence-electron chi connectivity index (χ0n) is 14.7. The third-order valence-corrected chi connectivity index (χ3v) is 4.60. The van der Waals surface area contributed by atoms with Gasteiger partial charge < -0.3 is 19.7 Å². The first-order chi connectivity index (χ1) is 12.3. The Bertz CT molecular complexity index is 738. The fourth-order valence-electron chi connectivity index (χ4n) is 3.07. The molecule has 1 aromatic rings. The second-order valence-corrected chi connectivity index (χ2v) is 6.42. The largest absolute Gasteiger partial charge is 0.478 e. The predicted molar refractivity (Wildman–Crippen MR) is 94.5 cm³/mol. The van der Waals surface area contributed by atoms with E-state index in [0.717, 1.165) is 13.3 Å². The number of halogens is 1. The van der Waals surface area contributed by atoms with Gasteiger partial charge in [0.2, 0.25) is 6.10 Å². The van der Waals surface area contributed by atoms with Gasteiger partial charge >= 0.3 is 11.9 Å². The Kier molecular flexibility index (Phi) is 6.40. The van der Waals surface area contributed by atoms with Gasteiger partial charge in [-0.05, 0) is 31.4 Å². The molecule has 1 saturated heterocycles. The highest BCUT2D eigenvalue weighted by Gasteiger charge is 2.43. The Morgan fingerprint density at radius 3 is 2.67 bits per heavy atom. The van der Waals surface area contributed by atoms with Gasteiger partial charge in [-0.1, -0.05) is 6.07 Å². The van der Waals surface area contributed by atoms with Crippen molar-refractivity contribution in [3.8, 4) is 0 Å². The third kappa shape index (κ3) is 4.20. The van der Waals surface area contributed by atoms with Crippen molar-refractivity contribution in [2.45, 2.75) is 44.0 Å². The van der Waals surface area contributed by atoms with Crippen LogP contribution in [0.4, 0.5) is 5.82 Å². The molecule has 2 aliphatic rings. The molecule has 27 heavy (non-hydrogen) atoms. The number of carboxylic acids is 1. The molecular formula is C17H21ClN2O7. The molecule has 0 aromatic carbocycles. The molecule has 2 fully saturated rings. The average molecular weight is 401 g/mol. The van der Waals surface area contributed by atoms with E-state index in [1.165, 1.54) is 4.90 Å². The molecule has 2 heterocycles. The van der Waals surface area contributed by atoms with Gasteiger partial charge in [0.1, 0.15) is 11.4 Å². The quantitative estimate of drug-likeness (QED) is 0.689. The molecule has 0 spiro atoms. The molecule has 1 unspecified atom stereocenters. The summed E-state index contributed by atoms with van der Waals surface area (Å²) in [5.74, 6) is -2.65. The Hall–Kier alpha value is -2.23. The van der Waals surface area contributed by atoms with E-state index < -0.39 is 35.7 Å². The molecule has 10 heteroatoms. The van der Waals surface area contributed by atoms with E-state index in [9.17, 15) is 24.6 Å². The van der Waals surface area contributed by atoms with Gasteiger partial charge in [0, 0.05) is 6.92 Å². The lowest BCUT2D eigenvalue weighted by atomic mass is 9.77. The van der Waals surface area contributed by atoms with Crippen molar-refractivity contribution in [3.05, 3.63) is 23.9 Å². The molecule has 1 amide bonds. The number of pyridine rings is 1. The van der Waals surface area contributed by atoms with Gasteiger partial charge in [0.15, 0.2) is 6.10 Å². The summed E-state index contributed by atoms with van der Waals surface area (Å²) >= 11 is 0. The third-order valence-electron chi connectivity index (χ3n) is 4.60. The Balaban J connectivity index is 0.00000261. The maximum atomic E-state index is 12.7. The lowest BCUT2D eigenvalue weighted by molar-refractivity contribution is -0.177. The first-order valence-electron chi connectivity index (χ1n) is 8.35. The topological polar surface area (TPSA) is 126 Å². The van der Waals surface area contributed by atoms with Crippen molar-refractivity contribution in [2.75, 3.05) is 18.1 Å². The number of amides is 1. The number of aromatic nitrogens is 1. The first kappa shape index (κ1) is 21.1. The number of aliphatic carboxylic acids is 1. The summed E-state index contributed by atoms with van der Waals surface area (Å²) in [7, 11) is 0. The molecule has 1 aliphatic heterocycles. The van der Waals surface area contributed by atoms with E-state index in [1.54, 1.807) is 18.2 Å². The van der Waals surface area contributed by atoms with Crippen LogP contribution in [0.25, 0.3) is 0 Å². The smallest absolute Gasteiger partial charge is 0.348 e. The Labute approximate surface area is 161 Å². The van der Waals surface area contributed by atoms with Crippen molar-refractivity contribution in [3.63, 3.8) is 0 Å². The number of nitrogens with zero attached hydrogens (tertiary/aromatic N) is 2. The number of hydrogen-bond acceptors (Lipinski definition) is 7. The van der Waals surface area contributed by atoms with Crippen molar-refractivity contribution >= 4 is 36.1 Å². The molecule has 1 saturated carbocycles. The summed E-state index contributed by atoms with van der Waals surface area (Å²) in [6, 6.07) is 4.99. The number of anilines is 1. The lowest BCUT2D eigenvalue weighted by Crippen LogP contribution is -2.56. The standard InChI is InChI=1S/C17H20N2O7.ClH/c1-10(20)26-14(16(22)23)13-15(21)19(8-9-25-13)12-5-2-4-11(18-12)17(24)6-3-7-17;/h2,4-5,13-14,24H,3,6-9H2,1H3,(H,22,23);1H/t13?,14-;/m1./s1. The molecule has 1 aliphatic carbocycles. The summed E-state index contributed by atoms with van der Waals surface area (Å²) < 4.78 is 10.0. The SMILES string of the molecule is CC(=O)O[C@@H](C(=O)O)C1OCCN(c2cccc(C3(O)CCC3)n2)C1=O.Cl. The lowest BCUT2D eigenvalue weighted by Gasteiger charge is -2.37. The van der Waals surface area contributed by atoms with Crippen LogP contribution >= 0.6 is 12.4 Å². The summed E-state index contributed by atoms with van der Waals surface area (Å²) in [4.78, 5) is 40.9. The van der Waals surface area contributed by atoms with Crippen LogP contribution < -0.4 is 4.90 Å². The highest BCUT2D eigenvalue weighted by atomic mass is 35.5. The molecule has 2 N–H and O–H groups in total. The molecule has 148 valence electrons. The molecular weight excluding hydrogens is 380 g/mol. The van der Waals surface area contributed by atoms with Crippen LogP contribution in [0.5, 0.6) is 0 Å². The van der Waals surface area contributed by atoms with Gasteiger partial charge in [-0.2, -0.15) is 0 Å². The van der Waals surface area contributed by atoms with Gasteiger partial charge in [0.25, 0.3) is 5.91 Å². The minimum atomic E-state index is -1.73. The van der Waals surface area contributed by atoms with Crippen LogP contribution in [-0.4, -0.2) is 58.4 Å². The van der Waals surface area contributed by atoms with Crippen molar-refractivity contribution < 1.29 is 34.1 Å². The second-order valence-electron chi connectivity index (χ2n) is 6.42. The molecule has 1 aromatic heterocycles. The van der Waals surface area contributed by atoms with Crippen molar-refractivity contribution in [2.24, 2.45) is 0 Å². The van der Waals surface area contributed by atoms with Crippen LogP contribution in [0.1, 0.15) is 31.9 Å². The van der Waals surface area contributed by atoms with E-state index in [-0.39, 0.29) is 25.6 Å². The highest BCUT2D eigenvalue weighted by Crippen LogP contribution is 2.40. The summed E-state index contributed by atoms with van der Waals surface area (Å²) in [5, 5.41) is 19.7. The predicted octanol–water partition coefficient (Wildman–Crippen LogP) is 0.623. The monoisotopic (exact) mass is 400 g/mol. The number of rotatable bonds is 5. The normalized spacial score (nSPS) is 22.2. The van der Waals surface area contributed by atoms with Gasteiger partial charge in [-0.25, -0.2) is 9.78 Å². The van der Waals surface area contributed by atoms with Crippen molar-refractivity contribution in [1.82, 2.24) is 4.98 Å². The van der Waals surface area contributed by atoms with Crippen LogP contribution in [0.2, 0.25) is 0 Å². The van der Waals surface area contributed by atoms with Crippen LogP contribution in [0, 0.1) is 0 Å². The summed E-state index contributed by atoms with van der Waals surface area (Å²) in [5.41, 5.74) is -0.501. The highest BCUT2D eigenvalue weighted by molar-refractivity contribution is 6.00. The zero-order chi connectivity index (χ0) is 18.9. The van der Waals surface area contributed by atoms with Crippen LogP contribution in [0.15, 0.2) is 18.2 Å². The minimum Gasteiger partial charge on any atom is -0.478 e. The second kappa shape index (κ2) is 8.20. The van der Waals surface area contributed by atoms with Gasteiger partial charge in [-0.15, -0.1) is 12.4 Å². The maximum absolute atomic E-state index is 12.7. The molecule has 0 bridgehead atoms. The average Bonchev–Trinajstić information content (AvgIpc) is 2.58. The molecule has 2 atom stereocenters. The number of carbonyl (C=O) groups excluding carboxylic acids is 2. The van der Waals surface area contributed by atoms with E-state index >= 15 is 0 Å².